The Bertz CT molecular complexity index is 663. The number of benzene rings is 1. The quantitative estimate of drug-likeness (QED) is 0.605. The van der Waals surface area contributed by atoms with Crippen molar-refractivity contribution in [2.75, 3.05) is 18.0 Å². The number of anilines is 1. The maximum absolute atomic E-state index is 13.2. The average Bonchev–Trinajstić information content (AvgIpc) is 2.80. The number of hydrogen-bond donors (Lipinski definition) is 0. The second-order valence-corrected chi connectivity index (χ2v) is 7.12. The molecule has 2 heterocycles. The van der Waals surface area contributed by atoms with Crippen LogP contribution in [0.5, 0.6) is 0 Å². The third-order valence-electron chi connectivity index (χ3n) is 5.28. The fourth-order valence-electron chi connectivity index (χ4n) is 4.30. The Hall–Kier alpha value is -1.83. The summed E-state index contributed by atoms with van der Waals surface area (Å²) in [4.78, 5) is 14.4. The molecule has 3 rings (SSSR count). The Morgan fingerprint density at radius 1 is 1.20 bits per heavy atom. The minimum Gasteiger partial charge on any atom is -0.370 e. The molecule has 2 unspecified atom stereocenters. The van der Waals surface area contributed by atoms with Gasteiger partial charge in [-0.05, 0) is 45.2 Å². The summed E-state index contributed by atoms with van der Waals surface area (Å²) in [6, 6.07) is 4.52. The Balaban J connectivity index is 1.91. The molecule has 0 spiro atoms. The second-order valence-electron chi connectivity index (χ2n) is 7.12. The number of rotatable bonds is 3. The predicted octanol–water partition coefficient (Wildman–Crippen LogP) is 4.07. The summed E-state index contributed by atoms with van der Waals surface area (Å²) in [5.74, 6) is 0. The molecule has 138 valence electrons. The molecule has 0 amide bonds. The molecule has 2 aliphatic heterocycles. The van der Waals surface area contributed by atoms with Crippen molar-refractivity contribution >= 4 is 11.4 Å². The van der Waals surface area contributed by atoms with E-state index in [1.54, 1.807) is 0 Å². The molecule has 5 nitrogen and oxygen atoms in total. The van der Waals surface area contributed by atoms with Crippen molar-refractivity contribution in [1.29, 1.82) is 0 Å². The first-order valence-electron chi connectivity index (χ1n) is 8.56. The molecule has 2 aliphatic rings. The Morgan fingerprint density at radius 2 is 1.88 bits per heavy atom. The Kier molecular flexibility index (Phi) is 4.66. The van der Waals surface area contributed by atoms with Gasteiger partial charge in [-0.3, -0.25) is 15.0 Å². The highest BCUT2D eigenvalue weighted by Crippen LogP contribution is 2.40. The van der Waals surface area contributed by atoms with Crippen LogP contribution in [0.25, 0.3) is 0 Å². The van der Waals surface area contributed by atoms with Gasteiger partial charge in [0, 0.05) is 43.0 Å². The molecule has 8 heteroatoms. The summed E-state index contributed by atoms with van der Waals surface area (Å²) >= 11 is 0. The van der Waals surface area contributed by atoms with E-state index < -0.39 is 22.4 Å². The first kappa shape index (κ1) is 18.0. The molecule has 2 bridgehead atoms. The molecule has 1 aromatic rings. The lowest BCUT2D eigenvalue weighted by molar-refractivity contribution is -0.388. The number of alkyl halides is 3. The number of nitro benzene ring substituents is 1. The van der Waals surface area contributed by atoms with Gasteiger partial charge in [-0.1, -0.05) is 0 Å². The summed E-state index contributed by atoms with van der Waals surface area (Å²) in [6.07, 6.45) is -1.68. The van der Waals surface area contributed by atoms with Crippen molar-refractivity contribution in [2.24, 2.45) is 0 Å². The van der Waals surface area contributed by atoms with Gasteiger partial charge in [-0.25, -0.2) is 0 Å². The zero-order valence-corrected chi connectivity index (χ0v) is 14.3. The Labute approximate surface area is 144 Å². The summed E-state index contributed by atoms with van der Waals surface area (Å²) in [5.41, 5.74) is -1.66. The lowest BCUT2D eigenvalue weighted by Crippen LogP contribution is -2.43. The van der Waals surface area contributed by atoms with Crippen LogP contribution in [0.3, 0.4) is 0 Å². The van der Waals surface area contributed by atoms with Crippen LogP contribution in [0, 0.1) is 10.1 Å². The minimum absolute atomic E-state index is 0.317. The van der Waals surface area contributed by atoms with Crippen molar-refractivity contribution < 1.29 is 18.1 Å². The van der Waals surface area contributed by atoms with E-state index in [4.69, 9.17) is 0 Å². The molecule has 0 aliphatic carbocycles. The zero-order valence-electron chi connectivity index (χ0n) is 14.3. The van der Waals surface area contributed by atoms with Crippen molar-refractivity contribution in [1.82, 2.24) is 4.90 Å². The monoisotopic (exact) mass is 357 g/mol. The van der Waals surface area contributed by atoms with Gasteiger partial charge in [-0.15, -0.1) is 0 Å². The molecule has 2 fully saturated rings. The highest BCUT2D eigenvalue weighted by Gasteiger charge is 2.41. The van der Waals surface area contributed by atoms with Crippen molar-refractivity contribution in [2.45, 2.75) is 57.4 Å². The minimum atomic E-state index is -4.74. The van der Waals surface area contributed by atoms with Crippen molar-refractivity contribution in [3.8, 4) is 0 Å². The third kappa shape index (κ3) is 3.44. The number of nitro groups is 1. The van der Waals surface area contributed by atoms with Crippen molar-refractivity contribution in [3.05, 3.63) is 33.9 Å². The summed E-state index contributed by atoms with van der Waals surface area (Å²) < 4.78 is 39.7. The normalized spacial score (nSPS) is 24.6. The average molecular weight is 357 g/mol. The topological polar surface area (TPSA) is 49.6 Å². The second kappa shape index (κ2) is 6.48. The number of halogens is 3. The van der Waals surface area contributed by atoms with E-state index in [2.05, 4.69) is 18.7 Å². The lowest BCUT2D eigenvalue weighted by Gasteiger charge is -2.32. The first-order valence-corrected chi connectivity index (χ1v) is 8.56. The van der Waals surface area contributed by atoms with E-state index in [1.807, 2.05) is 4.90 Å². The van der Waals surface area contributed by atoms with Gasteiger partial charge in [0.05, 0.1) is 4.92 Å². The van der Waals surface area contributed by atoms with Gasteiger partial charge in [0.15, 0.2) is 0 Å². The fourth-order valence-corrected chi connectivity index (χ4v) is 4.30. The van der Waals surface area contributed by atoms with E-state index >= 15 is 0 Å². The van der Waals surface area contributed by atoms with Crippen LogP contribution in [0.15, 0.2) is 18.2 Å². The number of fused-ring (bicyclic) bond motifs is 2. The predicted molar refractivity (Wildman–Crippen MR) is 88.7 cm³/mol. The van der Waals surface area contributed by atoms with E-state index in [0.29, 0.717) is 36.9 Å². The van der Waals surface area contributed by atoms with Crippen LogP contribution in [0.4, 0.5) is 24.5 Å². The van der Waals surface area contributed by atoms with Crippen molar-refractivity contribution in [3.63, 3.8) is 0 Å². The first-order chi connectivity index (χ1) is 11.7. The molecule has 1 aromatic carbocycles. The summed E-state index contributed by atoms with van der Waals surface area (Å²) in [7, 11) is 0. The standard InChI is InChI=1S/C17H22F3N3O2/c1-11(2)22-12-3-4-14(22)10-21(8-7-12)13-5-6-16(23(24)25)15(9-13)17(18,19)20/h5-6,9,11-12,14H,3-4,7-8,10H2,1-2H3. The lowest BCUT2D eigenvalue weighted by atomic mass is 10.1. The maximum Gasteiger partial charge on any atom is 0.423 e. The van der Waals surface area contributed by atoms with Gasteiger partial charge in [0.25, 0.3) is 5.69 Å². The van der Waals surface area contributed by atoms with Crippen LogP contribution in [0.1, 0.15) is 38.7 Å². The highest BCUT2D eigenvalue weighted by molar-refractivity contribution is 5.57. The van der Waals surface area contributed by atoms with E-state index in [9.17, 15) is 23.3 Å². The maximum atomic E-state index is 13.2. The van der Waals surface area contributed by atoms with Gasteiger partial charge < -0.3 is 4.90 Å². The van der Waals surface area contributed by atoms with Gasteiger partial charge in [0.2, 0.25) is 0 Å². The molecule has 0 N–H and O–H groups in total. The van der Waals surface area contributed by atoms with Crippen LogP contribution in [-0.4, -0.2) is 41.0 Å². The molecule has 2 saturated heterocycles. The van der Waals surface area contributed by atoms with E-state index in [1.165, 1.54) is 6.07 Å². The molecular weight excluding hydrogens is 335 g/mol. The van der Waals surface area contributed by atoms with E-state index in [0.717, 1.165) is 31.4 Å². The molecule has 25 heavy (non-hydrogen) atoms. The molecule has 0 radical (unpaired) electrons. The van der Waals surface area contributed by atoms with Crippen LogP contribution in [0.2, 0.25) is 0 Å². The smallest absolute Gasteiger partial charge is 0.370 e. The SMILES string of the molecule is CC(C)N1C2CCC1CN(c1ccc([N+](=O)[O-])c(C(F)(F)F)c1)CC2. The summed E-state index contributed by atoms with van der Waals surface area (Å²) in [5, 5.41) is 10.9. The molecular formula is C17H22F3N3O2. The van der Waals surface area contributed by atoms with Gasteiger partial charge in [-0.2, -0.15) is 13.2 Å². The van der Waals surface area contributed by atoms with E-state index in [-0.39, 0.29) is 0 Å². The third-order valence-corrected chi connectivity index (χ3v) is 5.28. The zero-order chi connectivity index (χ0) is 18.4. The van der Waals surface area contributed by atoms with Crippen LogP contribution in [-0.2, 0) is 6.18 Å². The summed E-state index contributed by atoms with van der Waals surface area (Å²) in [6.45, 7) is 5.62. The van der Waals surface area contributed by atoms with Gasteiger partial charge in [0.1, 0.15) is 5.56 Å². The van der Waals surface area contributed by atoms with Crippen LogP contribution >= 0.6 is 0 Å². The highest BCUT2D eigenvalue weighted by atomic mass is 19.4. The number of hydrogen-bond acceptors (Lipinski definition) is 4. The number of nitrogens with zero attached hydrogens (tertiary/aromatic N) is 3. The van der Waals surface area contributed by atoms with Gasteiger partial charge >= 0.3 is 6.18 Å². The largest absolute Gasteiger partial charge is 0.423 e. The fraction of sp³-hybridized carbons (Fsp3) is 0.647. The molecule has 0 aromatic heterocycles. The molecule has 0 saturated carbocycles. The van der Waals surface area contributed by atoms with Crippen LogP contribution < -0.4 is 4.90 Å². The Morgan fingerprint density at radius 3 is 2.48 bits per heavy atom. The molecule has 2 atom stereocenters.